The third-order valence-electron chi connectivity index (χ3n) is 5.85. The summed E-state index contributed by atoms with van der Waals surface area (Å²) in [5.74, 6) is 0.603. The fourth-order valence-corrected chi connectivity index (χ4v) is 4.02. The molecule has 1 saturated heterocycles. The molecule has 7 nitrogen and oxygen atoms in total. The minimum Gasteiger partial charge on any atom is -0.491 e. The molecule has 1 fully saturated rings. The van der Waals surface area contributed by atoms with Gasteiger partial charge in [-0.25, -0.2) is 14.0 Å². The molecule has 2 aromatic carbocycles. The van der Waals surface area contributed by atoms with Crippen LogP contribution in [0.4, 0.5) is 14.0 Å². The zero-order valence-corrected chi connectivity index (χ0v) is 17.1. The van der Waals surface area contributed by atoms with Crippen molar-refractivity contribution in [3.8, 4) is 5.75 Å². The summed E-state index contributed by atoms with van der Waals surface area (Å²) in [7, 11) is 0. The van der Waals surface area contributed by atoms with Crippen LogP contribution < -0.4 is 10.1 Å². The van der Waals surface area contributed by atoms with Gasteiger partial charge in [0, 0.05) is 25.9 Å². The quantitative estimate of drug-likeness (QED) is 0.772. The van der Waals surface area contributed by atoms with Gasteiger partial charge in [-0.3, -0.25) is 0 Å². The van der Waals surface area contributed by atoms with E-state index in [0.717, 1.165) is 11.1 Å². The van der Waals surface area contributed by atoms with Gasteiger partial charge in [0.2, 0.25) is 0 Å². The Morgan fingerprint density at radius 3 is 2.65 bits per heavy atom. The lowest BCUT2D eigenvalue weighted by molar-refractivity contribution is 0.0548. The number of halogens is 1. The summed E-state index contributed by atoms with van der Waals surface area (Å²) in [4.78, 5) is 24.4. The molecule has 2 aromatic rings. The molecular formula is C23H25FN2O5. The maximum Gasteiger partial charge on any atom is 0.407 e. The van der Waals surface area contributed by atoms with Crippen molar-refractivity contribution in [2.45, 2.75) is 37.6 Å². The molecule has 1 atom stereocenters. The normalized spacial score (nSPS) is 19.6. The Bertz CT molecular complexity index is 944. The summed E-state index contributed by atoms with van der Waals surface area (Å²) in [6.07, 6.45) is -0.727. The molecule has 0 bridgehead atoms. The van der Waals surface area contributed by atoms with E-state index in [1.807, 2.05) is 36.4 Å². The smallest absolute Gasteiger partial charge is 0.407 e. The van der Waals surface area contributed by atoms with Crippen LogP contribution in [0.5, 0.6) is 5.75 Å². The van der Waals surface area contributed by atoms with Crippen LogP contribution in [0.25, 0.3) is 0 Å². The lowest BCUT2D eigenvalue weighted by Crippen LogP contribution is -2.43. The second-order valence-corrected chi connectivity index (χ2v) is 7.98. The predicted octanol–water partition coefficient (Wildman–Crippen LogP) is 3.86. The number of fused-ring (bicyclic) bond motifs is 1. The minimum atomic E-state index is -1.57. The van der Waals surface area contributed by atoms with Crippen molar-refractivity contribution in [2.75, 3.05) is 19.7 Å². The van der Waals surface area contributed by atoms with E-state index in [4.69, 9.17) is 14.6 Å². The number of carbonyl (C=O) groups is 2. The fourth-order valence-electron chi connectivity index (χ4n) is 4.02. The number of nitrogens with zero attached hydrogens (tertiary/aromatic N) is 1. The number of carbonyl (C=O) groups excluding carboxylic acids is 1. The van der Waals surface area contributed by atoms with Gasteiger partial charge in [-0.15, -0.1) is 0 Å². The molecule has 0 aromatic heterocycles. The summed E-state index contributed by atoms with van der Waals surface area (Å²) >= 11 is 0. The second-order valence-electron chi connectivity index (χ2n) is 7.98. The van der Waals surface area contributed by atoms with Gasteiger partial charge in [0.25, 0.3) is 0 Å². The van der Waals surface area contributed by atoms with E-state index in [1.165, 1.54) is 4.90 Å². The Morgan fingerprint density at radius 2 is 1.94 bits per heavy atom. The Hall–Kier alpha value is -3.29. The lowest BCUT2D eigenvalue weighted by atomic mass is 9.85. The van der Waals surface area contributed by atoms with Crippen LogP contribution in [-0.4, -0.2) is 47.9 Å². The van der Waals surface area contributed by atoms with Crippen LogP contribution >= 0.6 is 0 Å². The Labute approximate surface area is 179 Å². The first-order valence-electron chi connectivity index (χ1n) is 10.3. The first kappa shape index (κ1) is 21.0. The van der Waals surface area contributed by atoms with E-state index in [0.29, 0.717) is 17.7 Å². The average molecular weight is 428 g/mol. The number of alkyl halides is 1. The molecule has 2 N–H and O–H groups in total. The van der Waals surface area contributed by atoms with Crippen molar-refractivity contribution < 1.29 is 28.6 Å². The Balaban J connectivity index is 1.33. The Kier molecular flexibility index (Phi) is 5.97. The van der Waals surface area contributed by atoms with Crippen LogP contribution in [-0.2, 0) is 23.4 Å². The monoisotopic (exact) mass is 428 g/mol. The zero-order chi connectivity index (χ0) is 21.8. The SMILES string of the molecule is O=C(NC1COc2cc(C3(F)CCN(C(=O)O)CC3)ccc2C1)OCc1ccccc1. The molecule has 8 heteroatoms. The van der Waals surface area contributed by atoms with Crippen molar-refractivity contribution >= 4 is 12.2 Å². The summed E-state index contributed by atoms with van der Waals surface area (Å²) < 4.78 is 26.5. The van der Waals surface area contributed by atoms with E-state index >= 15 is 4.39 Å². The van der Waals surface area contributed by atoms with Gasteiger partial charge in [-0.1, -0.05) is 42.5 Å². The topological polar surface area (TPSA) is 88.1 Å². The summed E-state index contributed by atoms with van der Waals surface area (Å²) in [6.45, 7) is 0.794. The van der Waals surface area contributed by atoms with Gasteiger partial charge < -0.3 is 24.8 Å². The average Bonchev–Trinajstić information content (AvgIpc) is 2.78. The Morgan fingerprint density at radius 1 is 1.19 bits per heavy atom. The molecule has 164 valence electrons. The highest BCUT2D eigenvalue weighted by Gasteiger charge is 2.38. The van der Waals surface area contributed by atoms with Gasteiger partial charge in [-0.05, 0) is 29.2 Å². The summed E-state index contributed by atoms with van der Waals surface area (Å²) in [6, 6.07) is 14.4. The van der Waals surface area contributed by atoms with Gasteiger partial charge in [0.1, 0.15) is 24.6 Å². The molecule has 0 saturated carbocycles. The number of hydrogen-bond donors (Lipinski definition) is 2. The van der Waals surface area contributed by atoms with E-state index in [2.05, 4.69) is 5.32 Å². The largest absolute Gasteiger partial charge is 0.491 e. The van der Waals surface area contributed by atoms with Gasteiger partial charge in [0.05, 0.1) is 6.04 Å². The fraction of sp³-hybridized carbons (Fsp3) is 0.391. The third kappa shape index (κ3) is 4.90. The van der Waals surface area contributed by atoms with Gasteiger partial charge in [-0.2, -0.15) is 0 Å². The molecule has 2 aliphatic heterocycles. The number of rotatable bonds is 4. The zero-order valence-electron chi connectivity index (χ0n) is 17.1. The number of amides is 2. The van der Waals surface area contributed by atoms with E-state index in [9.17, 15) is 9.59 Å². The predicted molar refractivity (Wildman–Crippen MR) is 111 cm³/mol. The second kappa shape index (κ2) is 8.83. The number of ether oxygens (including phenoxy) is 2. The number of piperidine rings is 1. The first-order chi connectivity index (χ1) is 14.9. The number of carboxylic acid groups (broad SMARTS) is 1. The number of hydrogen-bond acceptors (Lipinski definition) is 4. The standard InChI is InChI=1S/C23H25FN2O5/c24-23(8-10-26(11-9-23)22(28)29)18-7-6-17-12-19(15-30-20(17)13-18)25-21(27)31-14-16-4-2-1-3-5-16/h1-7,13,19H,8-12,14-15H2,(H,25,27)(H,28,29). The molecule has 31 heavy (non-hydrogen) atoms. The van der Waals surface area contributed by atoms with Crippen molar-refractivity contribution in [3.05, 3.63) is 65.2 Å². The molecule has 2 amide bonds. The van der Waals surface area contributed by atoms with Crippen molar-refractivity contribution in [2.24, 2.45) is 0 Å². The third-order valence-corrected chi connectivity index (χ3v) is 5.85. The number of benzene rings is 2. The van der Waals surface area contributed by atoms with E-state index in [1.54, 1.807) is 12.1 Å². The highest BCUT2D eigenvalue weighted by Crippen LogP contribution is 2.40. The maximum atomic E-state index is 15.4. The maximum absolute atomic E-state index is 15.4. The van der Waals surface area contributed by atoms with E-state index < -0.39 is 17.9 Å². The van der Waals surface area contributed by atoms with Crippen molar-refractivity contribution in [1.29, 1.82) is 0 Å². The van der Waals surface area contributed by atoms with Crippen LogP contribution in [0.15, 0.2) is 48.5 Å². The summed E-state index contributed by atoms with van der Waals surface area (Å²) in [5.41, 5.74) is 0.727. The van der Waals surface area contributed by atoms with Crippen LogP contribution in [0.2, 0.25) is 0 Å². The molecular weight excluding hydrogens is 403 g/mol. The number of nitrogens with one attached hydrogen (secondary N) is 1. The van der Waals surface area contributed by atoms with Crippen LogP contribution in [0, 0.1) is 0 Å². The highest BCUT2D eigenvalue weighted by molar-refractivity contribution is 5.68. The highest BCUT2D eigenvalue weighted by atomic mass is 19.1. The minimum absolute atomic E-state index is 0.121. The molecule has 2 heterocycles. The van der Waals surface area contributed by atoms with Crippen molar-refractivity contribution in [1.82, 2.24) is 10.2 Å². The molecule has 0 radical (unpaired) electrons. The molecule has 2 aliphatic rings. The van der Waals surface area contributed by atoms with Crippen LogP contribution in [0.3, 0.4) is 0 Å². The molecule has 0 spiro atoms. The molecule has 4 rings (SSSR count). The number of alkyl carbamates (subject to hydrolysis) is 1. The van der Waals surface area contributed by atoms with Crippen LogP contribution in [0.1, 0.15) is 29.5 Å². The van der Waals surface area contributed by atoms with E-state index in [-0.39, 0.29) is 45.2 Å². The number of likely N-dealkylation sites (tertiary alicyclic amines) is 1. The van der Waals surface area contributed by atoms with Crippen molar-refractivity contribution in [3.63, 3.8) is 0 Å². The molecule has 0 aliphatic carbocycles. The van der Waals surface area contributed by atoms with Gasteiger partial charge in [0.15, 0.2) is 0 Å². The first-order valence-corrected chi connectivity index (χ1v) is 10.3. The lowest BCUT2D eigenvalue weighted by Gasteiger charge is -2.36. The van der Waals surface area contributed by atoms with Gasteiger partial charge >= 0.3 is 12.2 Å². The summed E-state index contributed by atoms with van der Waals surface area (Å²) in [5, 5.41) is 11.9. The molecule has 1 unspecified atom stereocenters.